The minimum Gasteiger partial charge on any atom is -0.292 e. The van der Waals surface area contributed by atoms with Crippen LogP contribution in [-0.4, -0.2) is 35.9 Å². The van der Waals surface area contributed by atoms with Gasteiger partial charge < -0.3 is 0 Å². The van der Waals surface area contributed by atoms with Crippen molar-refractivity contribution in [2.45, 2.75) is 11.8 Å². The molecule has 0 unspecified atom stereocenters. The van der Waals surface area contributed by atoms with Gasteiger partial charge in [-0.3, -0.25) is 19.7 Å². The number of hydrogen-bond donors (Lipinski definition) is 0. The molecular formula is C16H12N2O6S. The highest BCUT2D eigenvalue weighted by molar-refractivity contribution is 7.90. The van der Waals surface area contributed by atoms with Gasteiger partial charge in [-0.15, -0.1) is 0 Å². The van der Waals surface area contributed by atoms with Crippen molar-refractivity contribution >= 4 is 27.4 Å². The van der Waals surface area contributed by atoms with Crippen molar-refractivity contribution in [2.75, 3.05) is 6.54 Å². The van der Waals surface area contributed by atoms with Crippen LogP contribution in [0.15, 0.2) is 47.4 Å². The van der Waals surface area contributed by atoms with Crippen molar-refractivity contribution in [2.24, 2.45) is 0 Å². The van der Waals surface area contributed by atoms with Crippen molar-refractivity contribution in [3.05, 3.63) is 69.3 Å². The SMILES string of the molecule is Cc1ccc(C(=O)CN2C(=O)c3ccccc3S2(=O)=O)cc1[N+](=O)[O-]. The van der Waals surface area contributed by atoms with Crippen molar-refractivity contribution in [1.82, 2.24) is 4.31 Å². The molecule has 0 bridgehead atoms. The maximum absolute atomic E-state index is 12.4. The number of hydrogen-bond acceptors (Lipinski definition) is 6. The second-order valence-electron chi connectivity index (χ2n) is 5.49. The highest BCUT2D eigenvalue weighted by Gasteiger charge is 2.41. The van der Waals surface area contributed by atoms with E-state index in [4.69, 9.17) is 0 Å². The summed E-state index contributed by atoms with van der Waals surface area (Å²) in [6.07, 6.45) is 0. The number of nitrogens with zero attached hydrogens (tertiary/aromatic N) is 2. The van der Waals surface area contributed by atoms with Crippen LogP contribution < -0.4 is 0 Å². The summed E-state index contributed by atoms with van der Waals surface area (Å²) < 4.78 is 25.4. The molecule has 25 heavy (non-hydrogen) atoms. The van der Waals surface area contributed by atoms with Gasteiger partial charge in [0.2, 0.25) is 0 Å². The summed E-state index contributed by atoms with van der Waals surface area (Å²) in [5.74, 6) is -1.49. The molecule has 128 valence electrons. The van der Waals surface area contributed by atoms with E-state index in [2.05, 4.69) is 0 Å². The number of sulfonamides is 1. The van der Waals surface area contributed by atoms with Gasteiger partial charge in [0.25, 0.3) is 21.6 Å². The van der Waals surface area contributed by atoms with Gasteiger partial charge in [0, 0.05) is 17.2 Å². The molecule has 0 atom stereocenters. The van der Waals surface area contributed by atoms with Gasteiger partial charge in [-0.25, -0.2) is 12.7 Å². The van der Waals surface area contributed by atoms with Crippen LogP contribution in [0, 0.1) is 17.0 Å². The molecule has 2 aromatic rings. The van der Waals surface area contributed by atoms with Crippen molar-refractivity contribution in [1.29, 1.82) is 0 Å². The molecule has 3 rings (SSSR count). The van der Waals surface area contributed by atoms with Crippen LogP contribution in [0.25, 0.3) is 0 Å². The maximum Gasteiger partial charge on any atom is 0.273 e. The van der Waals surface area contributed by atoms with Crippen LogP contribution in [-0.2, 0) is 10.0 Å². The Morgan fingerprint density at radius 2 is 1.88 bits per heavy atom. The molecule has 1 amide bonds. The zero-order chi connectivity index (χ0) is 18.4. The van der Waals surface area contributed by atoms with E-state index in [0.29, 0.717) is 9.87 Å². The minimum absolute atomic E-state index is 0.00480. The fourth-order valence-electron chi connectivity index (χ4n) is 2.59. The van der Waals surface area contributed by atoms with Gasteiger partial charge in [0.1, 0.15) is 11.4 Å². The highest BCUT2D eigenvalue weighted by atomic mass is 32.2. The number of nitro groups is 1. The van der Waals surface area contributed by atoms with E-state index in [9.17, 15) is 28.1 Å². The van der Waals surface area contributed by atoms with Gasteiger partial charge >= 0.3 is 0 Å². The molecule has 0 N–H and O–H groups in total. The monoisotopic (exact) mass is 360 g/mol. The summed E-state index contributed by atoms with van der Waals surface area (Å²) in [7, 11) is -4.10. The van der Waals surface area contributed by atoms with E-state index in [1.54, 1.807) is 0 Å². The van der Waals surface area contributed by atoms with Crippen LogP contribution >= 0.6 is 0 Å². The molecule has 0 spiro atoms. The number of rotatable bonds is 4. The number of carbonyl (C=O) groups excluding carboxylic acids is 2. The van der Waals surface area contributed by atoms with E-state index in [0.717, 1.165) is 6.07 Å². The van der Waals surface area contributed by atoms with Gasteiger partial charge in [0.15, 0.2) is 5.78 Å². The van der Waals surface area contributed by atoms with Crippen LogP contribution in [0.5, 0.6) is 0 Å². The lowest BCUT2D eigenvalue weighted by molar-refractivity contribution is -0.385. The fraction of sp³-hybridized carbons (Fsp3) is 0.125. The lowest BCUT2D eigenvalue weighted by Gasteiger charge is -2.14. The first-order valence-electron chi connectivity index (χ1n) is 7.18. The molecule has 0 aromatic heterocycles. The Morgan fingerprint density at radius 1 is 1.20 bits per heavy atom. The van der Waals surface area contributed by atoms with Crippen molar-refractivity contribution in [3.63, 3.8) is 0 Å². The predicted molar refractivity (Wildman–Crippen MR) is 86.8 cm³/mol. The van der Waals surface area contributed by atoms with Crippen molar-refractivity contribution in [3.8, 4) is 0 Å². The van der Waals surface area contributed by atoms with E-state index in [1.165, 1.54) is 43.3 Å². The molecule has 0 saturated heterocycles. The summed E-state index contributed by atoms with van der Waals surface area (Å²) in [4.78, 5) is 34.9. The zero-order valence-electron chi connectivity index (χ0n) is 13.0. The molecule has 1 heterocycles. The van der Waals surface area contributed by atoms with Crippen LogP contribution in [0.2, 0.25) is 0 Å². The number of amides is 1. The molecular weight excluding hydrogens is 348 g/mol. The van der Waals surface area contributed by atoms with E-state index >= 15 is 0 Å². The Labute approximate surface area is 142 Å². The summed E-state index contributed by atoms with van der Waals surface area (Å²) in [5.41, 5.74) is 0.102. The average Bonchev–Trinajstić information content (AvgIpc) is 2.76. The topological polar surface area (TPSA) is 115 Å². The quantitative estimate of drug-likeness (QED) is 0.467. The second-order valence-corrected chi connectivity index (χ2v) is 7.33. The van der Waals surface area contributed by atoms with E-state index in [1.807, 2.05) is 0 Å². The van der Waals surface area contributed by atoms with Crippen LogP contribution in [0.3, 0.4) is 0 Å². The summed E-state index contributed by atoms with van der Waals surface area (Å²) in [6, 6.07) is 9.53. The highest BCUT2D eigenvalue weighted by Crippen LogP contribution is 2.30. The first-order valence-corrected chi connectivity index (χ1v) is 8.62. The molecule has 1 aliphatic heterocycles. The second kappa shape index (κ2) is 5.78. The Bertz CT molecular complexity index is 1030. The standard InChI is InChI=1S/C16H12N2O6S/c1-10-6-7-11(8-13(10)18(21)22)14(19)9-17-16(20)12-4-2-3-5-15(12)25(17,23)24/h2-8H,9H2,1H3. The summed E-state index contributed by atoms with van der Waals surface area (Å²) in [6.45, 7) is 0.813. The maximum atomic E-state index is 12.4. The number of nitro benzene ring substituents is 1. The number of ketones is 1. The largest absolute Gasteiger partial charge is 0.292 e. The molecule has 8 nitrogen and oxygen atoms in total. The third-order valence-electron chi connectivity index (χ3n) is 3.93. The molecule has 9 heteroatoms. The Balaban J connectivity index is 1.94. The molecule has 1 aliphatic rings. The first-order chi connectivity index (χ1) is 11.7. The molecule has 0 radical (unpaired) electrons. The average molecular weight is 360 g/mol. The summed E-state index contributed by atoms with van der Waals surface area (Å²) in [5, 5.41) is 11.0. The molecule has 0 fully saturated rings. The number of carbonyl (C=O) groups is 2. The number of benzene rings is 2. The Kier molecular flexibility index (Phi) is 3.88. The van der Waals surface area contributed by atoms with Gasteiger partial charge in [-0.1, -0.05) is 24.3 Å². The van der Waals surface area contributed by atoms with Gasteiger partial charge in [0.05, 0.1) is 10.5 Å². The normalized spacial score (nSPS) is 15.1. The zero-order valence-corrected chi connectivity index (χ0v) is 13.8. The number of fused-ring (bicyclic) bond motifs is 1. The minimum atomic E-state index is -4.10. The molecule has 0 saturated carbocycles. The van der Waals surface area contributed by atoms with E-state index in [-0.39, 0.29) is 21.7 Å². The van der Waals surface area contributed by atoms with Gasteiger partial charge in [-0.05, 0) is 19.1 Å². The fourth-order valence-corrected chi connectivity index (χ4v) is 4.11. The van der Waals surface area contributed by atoms with Crippen LogP contribution in [0.1, 0.15) is 26.3 Å². The lowest BCUT2D eigenvalue weighted by atomic mass is 10.1. The molecule has 0 aliphatic carbocycles. The van der Waals surface area contributed by atoms with Crippen molar-refractivity contribution < 1.29 is 22.9 Å². The number of aryl methyl sites for hydroxylation is 1. The first kappa shape index (κ1) is 16.8. The third kappa shape index (κ3) is 2.68. The van der Waals surface area contributed by atoms with Crippen LogP contribution in [0.4, 0.5) is 5.69 Å². The number of Topliss-reactive ketones (excluding diaryl/α,β-unsaturated/α-hetero) is 1. The smallest absolute Gasteiger partial charge is 0.273 e. The van der Waals surface area contributed by atoms with Gasteiger partial charge in [-0.2, -0.15) is 0 Å². The van der Waals surface area contributed by atoms with E-state index < -0.39 is 33.2 Å². The predicted octanol–water partition coefficient (Wildman–Crippen LogP) is 1.93. The molecule has 2 aromatic carbocycles. The summed E-state index contributed by atoms with van der Waals surface area (Å²) >= 11 is 0. The lowest BCUT2D eigenvalue weighted by Crippen LogP contribution is -2.35. The Morgan fingerprint density at radius 3 is 2.52 bits per heavy atom. The third-order valence-corrected chi connectivity index (χ3v) is 5.71. The Hall–Kier alpha value is -3.07.